The van der Waals surface area contributed by atoms with Crippen LogP contribution in [0.3, 0.4) is 0 Å². The second-order valence-corrected chi connectivity index (χ2v) is 7.10. The number of hydrogen-bond acceptors (Lipinski definition) is 7. The lowest BCUT2D eigenvalue weighted by Crippen LogP contribution is -2.45. The fourth-order valence-corrected chi connectivity index (χ4v) is 3.45. The van der Waals surface area contributed by atoms with Gasteiger partial charge in [-0.05, 0) is 25.0 Å². The Kier molecular flexibility index (Phi) is 5.10. The van der Waals surface area contributed by atoms with Crippen molar-refractivity contribution in [1.29, 1.82) is 0 Å². The van der Waals surface area contributed by atoms with E-state index in [1.165, 1.54) is 0 Å². The van der Waals surface area contributed by atoms with Crippen molar-refractivity contribution in [2.45, 2.75) is 25.4 Å². The molecule has 1 saturated heterocycles. The first kappa shape index (κ1) is 18.2. The molecular weight excluding hydrogens is 358 g/mol. The van der Waals surface area contributed by atoms with Crippen molar-refractivity contribution in [2.75, 3.05) is 32.1 Å². The fourth-order valence-electron chi connectivity index (χ4n) is 3.45. The molecule has 0 saturated carbocycles. The van der Waals surface area contributed by atoms with Gasteiger partial charge in [0.25, 0.3) is 5.88 Å². The van der Waals surface area contributed by atoms with Crippen LogP contribution in [0.5, 0.6) is 5.88 Å². The molecular formula is C20H23N5O3. The number of carbonyl (C=O) groups excluding carboxylic acids is 1. The zero-order valence-electron chi connectivity index (χ0n) is 16.0. The number of rotatable bonds is 5. The summed E-state index contributed by atoms with van der Waals surface area (Å²) in [6, 6.07) is 7.58. The molecule has 1 amide bonds. The topological polar surface area (TPSA) is 84.6 Å². The van der Waals surface area contributed by atoms with E-state index in [0.717, 1.165) is 24.8 Å². The maximum absolute atomic E-state index is 12.8. The van der Waals surface area contributed by atoms with Crippen molar-refractivity contribution in [3.8, 4) is 5.88 Å². The van der Waals surface area contributed by atoms with Crippen molar-refractivity contribution in [2.24, 2.45) is 0 Å². The van der Waals surface area contributed by atoms with Gasteiger partial charge in [-0.25, -0.2) is 9.97 Å². The number of piperidine rings is 1. The lowest BCUT2D eigenvalue weighted by molar-refractivity contribution is -0.133. The Labute approximate surface area is 163 Å². The van der Waals surface area contributed by atoms with Crippen molar-refractivity contribution in [1.82, 2.24) is 20.0 Å². The van der Waals surface area contributed by atoms with Crippen LogP contribution in [-0.2, 0) is 11.2 Å². The number of anilines is 1. The molecule has 0 unspecified atom stereocenters. The van der Waals surface area contributed by atoms with Crippen LogP contribution >= 0.6 is 0 Å². The first-order chi connectivity index (χ1) is 13.6. The Hall–Kier alpha value is -3.16. The van der Waals surface area contributed by atoms with Gasteiger partial charge in [0.05, 0.1) is 13.0 Å². The van der Waals surface area contributed by atoms with Crippen molar-refractivity contribution >= 4 is 22.7 Å². The Balaban J connectivity index is 1.43. The summed E-state index contributed by atoms with van der Waals surface area (Å²) in [5, 5.41) is 4.96. The number of carbonyl (C=O) groups is 1. The molecule has 2 aromatic heterocycles. The fraction of sp³-hybridized carbons (Fsp3) is 0.400. The Morgan fingerprint density at radius 2 is 2.11 bits per heavy atom. The minimum absolute atomic E-state index is 0.0272. The number of benzene rings is 1. The molecule has 8 heteroatoms. The Bertz CT molecular complexity index is 971. The highest BCUT2D eigenvalue weighted by Crippen LogP contribution is 2.25. The minimum atomic E-state index is -0.109. The SMILES string of the molecule is CN(C)c1nccnc1O[C@H]1CCCN(C(=O)Cc2noc3ccccc23)C1. The van der Waals surface area contributed by atoms with Crippen LogP contribution in [0.15, 0.2) is 41.2 Å². The van der Waals surface area contributed by atoms with Gasteiger partial charge in [-0.1, -0.05) is 17.3 Å². The molecule has 1 atom stereocenters. The maximum Gasteiger partial charge on any atom is 0.257 e. The van der Waals surface area contributed by atoms with Crippen molar-refractivity contribution in [3.05, 3.63) is 42.4 Å². The monoisotopic (exact) mass is 381 g/mol. The van der Waals surface area contributed by atoms with Gasteiger partial charge in [0.2, 0.25) is 5.91 Å². The number of ether oxygens (including phenoxy) is 1. The highest BCUT2D eigenvalue weighted by molar-refractivity contribution is 5.86. The summed E-state index contributed by atoms with van der Waals surface area (Å²) in [6.45, 7) is 1.24. The first-order valence-electron chi connectivity index (χ1n) is 9.38. The standard InChI is InChI=1S/C20H23N5O3/c1-24(2)19-20(22-10-9-21-19)27-14-6-5-11-25(13-14)18(26)12-16-15-7-3-4-8-17(15)28-23-16/h3-4,7-10,14H,5-6,11-13H2,1-2H3/t14-/m0/s1. The summed E-state index contributed by atoms with van der Waals surface area (Å²) in [5.41, 5.74) is 1.37. The maximum atomic E-state index is 12.8. The van der Waals surface area contributed by atoms with E-state index in [4.69, 9.17) is 9.26 Å². The third-order valence-corrected chi connectivity index (χ3v) is 4.85. The van der Waals surface area contributed by atoms with Gasteiger partial charge in [-0.15, -0.1) is 0 Å². The zero-order valence-corrected chi connectivity index (χ0v) is 16.0. The predicted molar refractivity (Wildman–Crippen MR) is 104 cm³/mol. The summed E-state index contributed by atoms with van der Waals surface area (Å²) in [7, 11) is 3.80. The van der Waals surface area contributed by atoms with E-state index in [0.29, 0.717) is 29.5 Å². The van der Waals surface area contributed by atoms with Crippen LogP contribution in [0.1, 0.15) is 18.5 Å². The number of amides is 1. The molecule has 0 aliphatic carbocycles. The second-order valence-electron chi connectivity index (χ2n) is 7.10. The first-order valence-corrected chi connectivity index (χ1v) is 9.38. The summed E-state index contributed by atoms with van der Waals surface area (Å²) < 4.78 is 11.4. The van der Waals surface area contributed by atoms with Crippen LogP contribution < -0.4 is 9.64 Å². The van der Waals surface area contributed by atoms with E-state index in [-0.39, 0.29) is 18.4 Å². The van der Waals surface area contributed by atoms with E-state index >= 15 is 0 Å². The van der Waals surface area contributed by atoms with Gasteiger partial charge in [0.1, 0.15) is 11.8 Å². The number of nitrogens with zero attached hydrogens (tertiary/aromatic N) is 5. The van der Waals surface area contributed by atoms with Crippen LogP contribution in [0.25, 0.3) is 11.0 Å². The smallest absolute Gasteiger partial charge is 0.257 e. The number of likely N-dealkylation sites (tertiary alicyclic amines) is 1. The molecule has 8 nitrogen and oxygen atoms in total. The quantitative estimate of drug-likeness (QED) is 0.670. The number of para-hydroxylation sites is 1. The highest BCUT2D eigenvalue weighted by Gasteiger charge is 2.27. The average Bonchev–Trinajstić information content (AvgIpc) is 3.11. The number of hydrogen-bond donors (Lipinski definition) is 0. The molecule has 0 N–H and O–H groups in total. The molecule has 146 valence electrons. The number of aromatic nitrogens is 3. The van der Waals surface area contributed by atoms with E-state index in [1.807, 2.05) is 48.2 Å². The van der Waals surface area contributed by atoms with E-state index in [2.05, 4.69) is 15.1 Å². The molecule has 3 heterocycles. The zero-order chi connectivity index (χ0) is 19.5. The average molecular weight is 381 g/mol. The van der Waals surface area contributed by atoms with Crippen LogP contribution in [-0.4, -0.2) is 59.2 Å². The Morgan fingerprint density at radius 3 is 2.96 bits per heavy atom. The molecule has 0 spiro atoms. The summed E-state index contributed by atoms with van der Waals surface area (Å²) >= 11 is 0. The number of fused-ring (bicyclic) bond motifs is 1. The van der Waals surface area contributed by atoms with Crippen LogP contribution in [0.2, 0.25) is 0 Å². The predicted octanol–water partition coefficient (Wildman–Crippen LogP) is 2.30. The lowest BCUT2D eigenvalue weighted by atomic mass is 10.1. The molecule has 4 rings (SSSR count). The van der Waals surface area contributed by atoms with Gasteiger partial charge < -0.3 is 19.1 Å². The molecule has 1 aliphatic rings. The molecule has 3 aromatic rings. The van der Waals surface area contributed by atoms with Gasteiger partial charge in [0, 0.05) is 38.4 Å². The molecule has 0 radical (unpaired) electrons. The summed E-state index contributed by atoms with van der Waals surface area (Å²) in [5.74, 6) is 1.20. The van der Waals surface area contributed by atoms with Gasteiger partial charge in [-0.2, -0.15) is 0 Å². The minimum Gasteiger partial charge on any atom is -0.470 e. The third kappa shape index (κ3) is 3.76. The molecule has 1 aliphatic heterocycles. The van der Waals surface area contributed by atoms with Crippen molar-refractivity contribution < 1.29 is 14.1 Å². The van der Waals surface area contributed by atoms with E-state index < -0.39 is 0 Å². The Morgan fingerprint density at radius 1 is 1.29 bits per heavy atom. The summed E-state index contributed by atoms with van der Waals surface area (Å²) in [6.07, 6.45) is 5.12. The van der Waals surface area contributed by atoms with Crippen LogP contribution in [0.4, 0.5) is 5.82 Å². The van der Waals surface area contributed by atoms with Crippen molar-refractivity contribution in [3.63, 3.8) is 0 Å². The summed E-state index contributed by atoms with van der Waals surface area (Å²) in [4.78, 5) is 25.2. The third-order valence-electron chi connectivity index (χ3n) is 4.85. The second kappa shape index (κ2) is 7.84. The highest BCUT2D eigenvalue weighted by atomic mass is 16.5. The van der Waals surface area contributed by atoms with E-state index in [1.54, 1.807) is 12.4 Å². The van der Waals surface area contributed by atoms with Crippen LogP contribution in [0, 0.1) is 0 Å². The van der Waals surface area contributed by atoms with Gasteiger partial charge in [-0.3, -0.25) is 4.79 Å². The van der Waals surface area contributed by atoms with Gasteiger partial charge >= 0.3 is 0 Å². The molecule has 0 bridgehead atoms. The normalized spacial score (nSPS) is 16.9. The molecule has 1 fully saturated rings. The van der Waals surface area contributed by atoms with Gasteiger partial charge in [0.15, 0.2) is 11.4 Å². The largest absolute Gasteiger partial charge is 0.470 e. The molecule has 1 aromatic carbocycles. The van der Waals surface area contributed by atoms with E-state index in [9.17, 15) is 4.79 Å². The lowest BCUT2D eigenvalue weighted by Gasteiger charge is -2.33. The molecule has 28 heavy (non-hydrogen) atoms.